The Bertz CT molecular complexity index is 476. The molecule has 2 rings (SSSR count). The van der Waals surface area contributed by atoms with Crippen molar-refractivity contribution in [3.8, 4) is 0 Å². The van der Waals surface area contributed by atoms with Gasteiger partial charge in [-0.2, -0.15) is 0 Å². The van der Waals surface area contributed by atoms with Crippen molar-refractivity contribution in [1.82, 2.24) is 10.2 Å². The summed E-state index contributed by atoms with van der Waals surface area (Å²) in [6, 6.07) is 6.99. The summed E-state index contributed by atoms with van der Waals surface area (Å²) in [5, 5.41) is 6.12. The van der Waals surface area contributed by atoms with Crippen LogP contribution in [0.5, 0.6) is 0 Å². The summed E-state index contributed by atoms with van der Waals surface area (Å²) in [7, 11) is 3.43. The SMILES string of the molecule is CN(C)C(=O)c1ccc(NC(=O)CC2CCNC2)cc1. The van der Waals surface area contributed by atoms with Crippen molar-refractivity contribution < 1.29 is 9.59 Å². The Morgan fingerprint density at radius 3 is 2.55 bits per heavy atom. The highest BCUT2D eigenvalue weighted by molar-refractivity contribution is 5.95. The molecule has 5 nitrogen and oxygen atoms in total. The van der Waals surface area contributed by atoms with Crippen LogP contribution in [0.2, 0.25) is 0 Å². The zero-order chi connectivity index (χ0) is 14.5. The van der Waals surface area contributed by atoms with Gasteiger partial charge in [0.2, 0.25) is 5.91 Å². The van der Waals surface area contributed by atoms with Crippen molar-refractivity contribution in [2.45, 2.75) is 12.8 Å². The first-order chi connectivity index (χ1) is 9.56. The van der Waals surface area contributed by atoms with Gasteiger partial charge in [0.1, 0.15) is 0 Å². The summed E-state index contributed by atoms with van der Waals surface area (Å²) in [5.74, 6) is 0.426. The number of benzene rings is 1. The van der Waals surface area contributed by atoms with Crippen molar-refractivity contribution in [2.75, 3.05) is 32.5 Å². The quantitative estimate of drug-likeness (QED) is 0.871. The Morgan fingerprint density at radius 2 is 2.00 bits per heavy atom. The number of anilines is 1. The number of hydrogen-bond acceptors (Lipinski definition) is 3. The second-order valence-corrected chi connectivity index (χ2v) is 5.39. The van der Waals surface area contributed by atoms with E-state index in [1.165, 1.54) is 4.90 Å². The zero-order valence-corrected chi connectivity index (χ0v) is 12.0. The maximum atomic E-state index is 11.9. The summed E-state index contributed by atoms with van der Waals surface area (Å²) in [5.41, 5.74) is 1.35. The van der Waals surface area contributed by atoms with E-state index in [1.807, 2.05) is 0 Å². The number of amides is 2. The van der Waals surface area contributed by atoms with Crippen LogP contribution in [-0.4, -0.2) is 43.9 Å². The molecule has 2 amide bonds. The lowest BCUT2D eigenvalue weighted by Gasteiger charge is -2.12. The maximum absolute atomic E-state index is 11.9. The number of nitrogens with one attached hydrogen (secondary N) is 2. The summed E-state index contributed by atoms with van der Waals surface area (Å²) >= 11 is 0. The lowest BCUT2D eigenvalue weighted by atomic mass is 10.0. The van der Waals surface area contributed by atoms with Crippen molar-refractivity contribution in [3.63, 3.8) is 0 Å². The Labute approximate surface area is 119 Å². The Hall–Kier alpha value is -1.88. The molecular formula is C15H21N3O2. The van der Waals surface area contributed by atoms with Gasteiger partial charge in [-0.25, -0.2) is 0 Å². The summed E-state index contributed by atoms with van der Waals surface area (Å²) < 4.78 is 0. The van der Waals surface area contributed by atoms with E-state index >= 15 is 0 Å². The zero-order valence-electron chi connectivity index (χ0n) is 12.0. The lowest BCUT2D eigenvalue weighted by Crippen LogP contribution is -2.21. The molecule has 1 unspecified atom stereocenters. The highest BCUT2D eigenvalue weighted by atomic mass is 16.2. The van der Waals surface area contributed by atoms with Gasteiger partial charge in [-0.15, -0.1) is 0 Å². The summed E-state index contributed by atoms with van der Waals surface area (Å²) in [6.45, 7) is 1.92. The van der Waals surface area contributed by atoms with E-state index < -0.39 is 0 Å². The molecule has 1 heterocycles. The Morgan fingerprint density at radius 1 is 1.30 bits per heavy atom. The molecule has 0 spiro atoms. The molecule has 0 aromatic heterocycles. The Kier molecular flexibility index (Phi) is 4.74. The van der Waals surface area contributed by atoms with Crippen LogP contribution in [-0.2, 0) is 4.79 Å². The molecule has 0 aliphatic carbocycles. The monoisotopic (exact) mass is 275 g/mol. The van der Waals surface area contributed by atoms with E-state index in [0.29, 0.717) is 17.9 Å². The molecule has 0 radical (unpaired) electrons. The molecule has 5 heteroatoms. The van der Waals surface area contributed by atoms with Gasteiger partial charge < -0.3 is 15.5 Å². The number of carbonyl (C=O) groups is 2. The first-order valence-electron chi connectivity index (χ1n) is 6.88. The third-order valence-electron chi connectivity index (χ3n) is 3.46. The standard InChI is InChI=1S/C15H21N3O2/c1-18(2)15(20)12-3-5-13(6-4-12)17-14(19)9-11-7-8-16-10-11/h3-6,11,16H,7-10H2,1-2H3,(H,17,19). The molecule has 108 valence electrons. The minimum Gasteiger partial charge on any atom is -0.345 e. The van der Waals surface area contributed by atoms with E-state index in [1.54, 1.807) is 38.4 Å². The van der Waals surface area contributed by atoms with Crippen LogP contribution in [0, 0.1) is 5.92 Å². The molecule has 1 aliphatic heterocycles. The van der Waals surface area contributed by atoms with Gasteiger partial charge in [0.05, 0.1) is 0 Å². The molecule has 1 fully saturated rings. The normalized spacial score (nSPS) is 17.8. The third-order valence-corrected chi connectivity index (χ3v) is 3.46. The van der Waals surface area contributed by atoms with E-state index in [-0.39, 0.29) is 11.8 Å². The molecule has 1 atom stereocenters. The van der Waals surface area contributed by atoms with Crippen molar-refractivity contribution in [2.24, 2.45) is 5.92 Å². The minimum absolute atomic E-state index is 0.0328. The number of hydrogen-bond donors (Lipinski definition) is 2. The van der Waals surface area contributed by atoms with Crippen LogP contribution in [0.4, 0.5) is 5.69 Å². The van der Waals surface area contributed by atoms with E-state index in [2.05, 4.69) is 10.6 Å². The van der Waals surface area contributed by atoms with Gasteiger partial charge in [0, 0.05) is 31.8 Å². The molecule has 2 N–H and O–H groups in total. The fourth-order valence-corrected chi connectivity index (χ4v) is 2.32. The predicted molar refractivity (Wildman–Crippen MR) is 78.7 cm³/mol. The molecular weight excluding hydrogens is 254 g/mol. The minimum atomic E-state index is -0.0418. The lowest BCUT2D eigenvalue weighted by molar-refractivity contribution is -0.116. The maximum Gasteiger partial charge on any atom is 0.253 e. The fourth-order valence-electron chi connectivity index (χ4n) is 2.32. The average Bonchev–Trinajstić information content (AvgIpc) is 2.91. The second kappa shape index (κ2) is 6.52. The third kappa shape index (κ3) is 3.81. The Balaban J connectivity index is 1.89. The van der Waals surface area contributed by atoms with Gasteiger partial charge in [0.15, 0.2) is 0 Å². The highest BCUT2D eigenvalue weighted by Crippen LogP contribution is 2.15. The second-order valence-electron chi connectivity index (χ2n) is 5.39. The van der Waals surface area contributed by atoms with E-state index in [9.17, 15) is 9.59 Å². The molecule has 0 saturated carbocycles. The average molecular weight is 275 g/mol. The van der Waals surface area contributed by atoms with Gasteiger partial charge in [-0.3, -0.25) is 9.59 Å². The fraction of sp³-hybridized carbons (Fsp3) is 0.467. The largest absolute Gasteiger partial charge is 0.345 e. The van der Waals surface area contributed by atoms with E-state index in [0.717, 1.165) is 25.2 Å². The van der Waals surface area contributed by atoms with Gasteiger partial charge in [-0.05, 0) is 49.7 Å². The summed E-state index contributed by atoms with van der Waals surface area (Å²) in [4.78, 5) is 25.1. The molecule has 1 aliphatic rings. The van der Waals surface area contributed by atoms with E-state index in [4.69, 9.17) is 0 Å². The van der Waals surface area contributed by atoms with Crippen molar-refractivity contribution in [3.05, 3.63) is 29.8 Å². The molecule has 1 saturated heterocycles. The number of carbonyl (C=O) groups excluding carboxylic acids is 2. The van der Waals surface area contributed by atoms with Crippen molar-refractivity contribution >= 4 is 17.5 Å². The van der Waals surface area contributed by atoms with Gasteiger partial charge in [-0.1, -0.05) is 0 Å². The molecule has 20 heavy (non-hydrogen) atoms. The molecule has 1 aromatic carbocycles. The number of rotatable bonds is 4. The van der Waals surface area contributed by atoms with Crippen molar-refractivity contribution in [1.29, 1.82) is 0 Å². The molecule has 0 bridgehead atoms. The van der Waals surface area contributed by atoms with Crippen LogP contribution >= 0.6 is 0 Å². The van der Waals surface area contributed by atoms with Crippen LogP contribution < -0.4 is 10.6 Å². The van der Waals surface area contributed by atoms with Crippen LogP contribution in [0.1, 0.15) is 23.2 Å². The first kappa shape index (κ1) is 14.5. The van der Waals surface area contributed by atoms with Crippen LogP contribution in [0.25, 0.3) is 0 Å². The molecule has 1 aromatic rings. The topological polar surface area (TPSA) is 61.4 Å². The van der Waals surface area contributed by atoms with Gasteiger partial charge in [0.25, 0.3) is 5.91 Å². The van der Waals surface area contributed by atoms with Crippen LogP contribution in [0.3, 0.4) is 0 Å². The first-order valence-corrected chi connectivity index (χ1v) is 6.88. The number of nitrogens with zero attached hydrogens (tertiary/aromatic N) is 1. The highest BCUT2D eigenvalue weighted by Gasteiger charge is 2.18. The van der Waals surface area contributed by atoms with Crippen LogP contribution in [0.15, 0.2) is 24.3 Å². The van der Waals surface area contributed by atoms with Gasteiger partial charge >= 0.3 is 0 Å². The summed E-state index contributed by atoms with van der Waals surface area (Å²) in [6.07, 6.45) is 1.61. The predicted octanol–water partition coefficient (Wildman–Crippen LogP) is 1.33. The smallest absolute Gasteiger partial charge is 0.253 e.